The molecule has 7 heteroatoms. The zero-order valence-corrected chi connectivity index (χ0v) is 8.80. The second-order valence-electron chi connectivity index (χ2n) is 2.88. The molecule has 0 radical (unpaired) electrons. The number of Topliss-reactive ketones (excluding diaryl/α,β-unsaturated/α-hetero) is 1. The number of sulfonamides is 1. The molecular weight excluding hydrogens is 210 g/mol. The topological polar surface area (TPSA) is 101 Å². The normalized spacial score (nSPS) is 13.6. The molecule has 0 spiro atoms. The minimum atomic E-state index is -3.61. The Morgan fingerprint density at radius 2 is 1.93 bits per heavy atom. The van der Waals surface area contributed by atoms with Gasteiger partial charge in [-0.15, -0.1) is 0 Å². The molecule has 1 unspecified atom stereocenters. The summed E-state index contributed by atoms with van der Waals surface area (Å²) in [5.74, 6) is -1.65. The van der Waals surface area contributed by atoms with Gasteiger partial charge >= 0.3 is 5.97 Å². The number of hydrogen-bond acceptors (Lipinski definition) is 4. The van der Waals surface area contributed by atoms with Crippen molar-refractivity contribution in [2.24, 2.45) is 0 Å². The van der Waals surface area contributed by atoms with E-state index in [0.29, 0.717) is 0 Å². The van der Waals surface area contributed by atoms with Crippen LogP contribution < -0.4 is 4.72 Å². The van der Waals surface area contributed by atoms with Gasteiger partial charge in [0, 0.05) is 12.8 Å². The monoisotopic (exact) mass is 223 g/mol. The Labute approximate surface area is 82.4 Å². The van der Waals surface area contributed by atoms with Gasteiger partial charge in [-0.3, -0.25) is 9.59 Å². The maximum absolute atomic E-state index is 10.9. The predicted molar refractivity (Wildman–Crippen MR) is 49.3 cm³/mol. The maximum atomic E-state index is 10.9. The van der Waals surface area contributed by atoms with Gasteiger partial charge in [0.1, 0.15) is 11.8 Å². The molecule has 6 nitrogen and oxygen atoms in total. The molecule has 0 aromatic rings. The Hall–Kier alpha value is -0.950. The minimum Gasteiger partial charge on any atom is -0.480 e. The van der Waals surface area contributed by atoms with Gasteiger partial charge in [-0.25, -0.2) is 13.1 Å². The van der Waals surface area contributed by atoms with E-state index in [1.54, 1.807) is 6.92 Å². The van der Waals surface area contributed by atoms with Crippen LogP contribution in [0.1, 0.15) is 19.8 Å². The van der Waals surface area contributed by atoms with Crippen molar-refractivity contribution in [3.8, 4) is 0 Å². The fourth-order valence-electron chi connectivity index (χ4n) is 0.810. The summed E-state index contributed by atoms with van der Waals surface area (Å²) >= 11 is 0. The Balaban J connectivity index is 4.47. The lowest BCUT2D eigenvalue weighted by atomic mass is 10.1. The van der Waals surface area contributed by atoms with E-state index in [2.05, 4.69) is 0 Å². The summed E-state index contributed by atoms with van der Waals surface area (Å²) in [4.78, 5) is 21.5. The van der Waals surface area contributed by atoms with Gasteiger partial charge in [0.2, 0.25) is 10.0 Å². The van der Waals surface area contributed by atoms with Crippen molar-refractivity contribution >= 4 is 21.8 Å². The molecule has 2 N–H and O–H groups in total. The van der Waals surface area contributed by atoms with Crippen molar-refractivity contribution in [2.45, 2.75) is 25.8 Å². The Kier molecular flexibility index (Phi) is 4.72. The molecule has 0 aliphatic rings. The number of carboxylic acids is 1. The maximum Gasteiger partial charge on any atom is 0.322 e. The number of carboxylic acid groups (broad SMARTS) is 1. The molecule has 0 saturated carbocycles. The highest BCUT2D eigenvalue weighted by atomic mass is 32.2. The van der Waals surface area contributed by atoms with E-state index in [4.69, 9.17) is 5.11 Å². The van der Waals surface area contributed by atoms with Gasteiger partial charge in [0.05, 0.1) is 6.26 Å². The van der Waals surface area contributed by atoms with E-state index in [0.717, 1.165) is 6.26 Å². The van der Waals surface area contributed by atoms with Gasteiger partial charge in [0.15, 0.2) is 0 Å². The summed E-state index contributed by atoms with van der Waals surface area (Å²) in [5.41, 5.74) is 0. The van der Waals surface area contributed by atoms with Gasteiger partial charge in [-0.2, -0.15) is 0 Å². The molecule has 0 saturated heterocycles. The average molecular weight is 223 g/mol. The van der Waals surface area contributed by atoms with Crippen LogP contribution in [0.5, 0.6) is 0 Å². The number of carbonyl (C=O) groups is 2. The number of ketones is 1. The van der Waals surface area contributed by atoms with E-state index in [1.807, 2.05) is 4.72 Å². The van der Waals surface area contributed by atoms with E-state index in [9.17, 15) is 18.0 Å². The van der Waals surface area contributed by atoms with Crippen LogP contribution in [0.3, 0.4) is 0 Å². The summed E-state index contributed by atoms with van der Waals surface area (Å²) in [6.07, 6.45) is 0.716. The second-order valence-corrected chi connectivity index (χ2v) is 4.66. The van der Waals surface area contributed by atoms with Gasteiger partial charge in [-0.05, 0) is 0 Å². The van der Waals surface area contributed by atoms with Crippen LogP contribution >= 0.6 is 0 Å². The SMILES string of the molecule is CCC(=O)CC(NS(C)(=O)=O)C(=O)O. The van der Waals surface area contributed by atoms with Crippen LogP contribution in [0.4, 0.5) is 0 Å². The summed E-state index contributed by atoms with van der Waals surface area (Å²) in [7, 11) is -3.61. The number of hydrogen-bond donors (Lipinski definition) is 2. The minimum absolute atomic E-state index is 0.190. The smallest absolute Gasteiger partial charge is 0.322 e. The molecule has 0 aromatic heterocycles. The molecule has 14 heavy (non-hydrogen) atoms. The van der Waals surface area contributed by atoms with Gasteiger partial charge < -0.3 is 5.11 Å². The Morgan fingerprint density at radius 1 is 1.43 bits per heavy atom. The van der Waals surface area contributed by atoms with Crippen molar-refractivity contribution in [3.05, 3.63) is 0 Å². The molecule has 0 aromatic carbocycles. The van der Waals surface area contributed by atoms with E-state index < -0.39 is 22.0 Å². The summed E-state index contributed by atoms with van der Waals surface area (Å²) in [6, 6.07) is -1.36. The first kappa shape index (κ1) is 13.1. The molecule has 0 amide bonds. The highest BCUT2D eigenvalue weighted by Gasteiger charge is 2.23. The van der Waals surface area contributed by atoms with Gasteiger partial charge in [0.25, 0.3) is 0 Å². The highest BCUT2D eigenvalue weighted by Crippen LogP contribution is 1.98. The summed E-state index contributed by atoms with van der Waals surface area (Å²) in [5, 5.41) is 8.60. The van der Waals surface area contributed by atoms with Crippen LogP contribution in [-0.2, 0) is 19.6 Å². The molecule has 1 atom stereocenters. The molecule has 0 bridgehead atoms. The fourth-order valence-corrected chi connectivity index (χ4v) is 1.51. The van der Waals surface area contributed by atoms with E-state index >= 15 is 0 Å². The third-order valence-electron chi connectivity index (χ3n) is 1.48. The summed E-state index contributed by atoms with van der Waals surface area (Å²) in [6.45, 7) is 1.59. The fraction of sp³-hybridized carbons (Fsp3) is 0.714. The summed E-state index contributed by atoms with van der Waals surface area (Å²) < 4.78 is 23.3. The molecular formula is C7H13NO5S. The number of rotatable bonds is 6. The quantitative estimate of drug-likeness (QED) is 0.623. The zero-order chi connectivity index (χ0) is 11.4. The number of aliphatic carboxylic acids is 1. The van der Waals surface area contributed by atoms with Crippen molar-refractivity contribution in [2.75, 3.05) is 6.26 Å². The van der Waals surface area contributed by atoms with Crippen molar-refractivity contribution in [1.29, 1.82) is 0 Å². The number of carbonyl (C=O) groups excluding carboxylic acids is 1. The van der Waals surface area contributed by atoms with Crippen LogP contribution in [0, 0.1) is 0 Å². The first-order chi connectivity index (χ1) is 6.26. The van der Waals surface area contributed by atoms with Crippen LogP contribution in [0.2, 0.25) is 0 Å². The first-order valence-corrected chi connectivity index (χ1v) is 5.87. The zero-order valence-electron chi connectivity index (χ0n) is 7.98. The van der Waals surface area contributed by atoms with Gasteiger partial charge in [-0.1, -0.05) is 6.92 Å². The molecule has 0 fully saturated rings. The number of nitrogens with one attached hydrogen (secondary N) is 1. The van der Waals surface area contributed by atoms with Crippen LogP contribution in [-0.4, -0.2) is 37.6 Å². The lowest BCUT2D eigenvalue weighted by molar-refractivity contribution is -0.140. The molecule has 0 rings (SSSR count). The first-order valence-electron chi connectivity index (χ1n) is 3.98. The molecule has 0 aliphatic carbocycles. The largest absolute Gasteiger partial charge is 0.480 e. The lowest BCUT2D eigenvalue weighted by Crippen LogP contribution is -2.41. The molecule has 0 aliphatic heterocycles. The lowest BCUT2D eigenvalue weighted by Gasteiger charge is -2.11. The average Bonchev–Trinajstić information content (AvgIpc) is 2.00. The standard InChI is InChI=1S/C7H13NO5S/c1-3-5(9)4-6(7(10)11)8-14(2,12)13/h6,8H,3-4H2,1-2H3,(H,10,11). The third kappa shape index (κ3) is 5.65. The van der Waals surface area contributed by atoms with E-state index in [-0.39, 0.29) is 18.6 Å². The second kappa shape index (κ2) is 5.06. The van der Waals surface area contributed by atoms with Crippen molar-refractivity contribution in [1.82, 2.24) is 4.72 Å². The van der Waals surface area contributed by atoms with Crippen molar-refractivity contribution < 1.29 is 23.1 Å². The van der Waals surface area contributed by atoms with Crippen LogP contribution in [0.15, 0.2) is 0 Å². The Bertz CT molecular complexity index is 321. The van der Waals surface area contributed by atoms with Crippen LogP contribution in [0.25, 0.3) is 0 Å². The van der Waals surface area contributed by atoms with Crippen molar-refractivity contribution in [3.63, 3.8) is 0 Å². The molecule has 82 valence electrons. The predicted octanol–water partition coefficient (Wildman–Crippen LogP) is -0.642. The molecule has 0 heterocycles. The van der Waals surface area contributed by atoms with E-state index in [1.165, 1.54) is 0 Å². The Morgan fingerprint density at radius 3 is 2.21 bits per heavy atom. The third-order valence-corrected chi connectivity index (χ3v) is 2.19. The highest BCUT2D eigenvalue weighted by molar-refractivity contribution is 7.88.